The average Bonchev–Trinajstić information content (AvgIpc) is 3.72. The summed E-state index contributed by atoms with van der Waals surface area (Å²) in [7, 11) is 0. The number of fused-ring (bicyclic) bond motifs is 7. The first-order valence-corrected chi connectivity index (χ1v) is 21.2. The van der Waals surface area contributed by atoms with Crippen LogP contribution in [0.4, 0.5) is 17.1 Å². The van der Waals surface area contributed by atoms with Crippen LogP contribution in [0.15, 0.2) is 241 Å². The van der Waals surface area contributed by atoms with Gasteiger partial charge in [-0.25, -0.2) is 0 Å². The van der Waals surface area contributed by atoms with Crippen LogP contribution < -0.4 is 4.90 Å². The molecule has 0 N–H and O–H groups in total. The lowest BCUT2D eigenvalue weighted by molar-refractivity contribution is 0.669. The van der Waals surface area contributed by atoms with Gasteiger partial charge in [0.15, 0.2) is 0 Å². The van der Waals surface area contributed by atoms with Crippen molar-refractivity contribution in [3.8, 4) is 44.5 Å². The minimum atomic E-state index is 0.899. The van der Waals surface area contributed by atoms with Crippen molar-refractivity contribution in [3.05, 3.63) is 237 Å². The molecule has 0 bridgehead atoms. The molecular weight excluding hydrogens is 751 g/mol. The van der Waals surface area contributed by atoms with Crippen molar-refractivity contribution in [1.82, 2.24) is 0 Å². The lowest BCUT2D eigenvalue weighted by atomic mass is 9.93. The van der Waals surface area contributed by atoms with E-state index in [4.69, 9.17) is 4.42 Å². The fraction of sp³-hybridized carbons (Fsp3) is 0. The monoisotopic (exact) mass is 789 g/mol. The van der Waals surface area contributed by atoms with Crippen LogP contribution in [0.25, 0.3) is 98.8 Å². The van der Waals surface area contributed by atoms with E-state index in [0.29, 0.717) is 0 Å². The first-order valence-electron chi connectivity index (χ1n) is 21.2. The Morgan fingerprint density at radius 1 is 0.242 bits per heavy atom. The summed E-state index contributed by atoms with van der Waals surface area (Å²) in [6.45, 7) is 0. The van der Waals surface area contributed by atoms with Gasteiger partial charge in [0, 0.05) is 27.8 Å². The summed E-state index contributed by atoms with van der Waals surface area (Å²) in [5.41, 5.74) is 14.5. The zero-order chi connectivity index (χ0) is 41.0. The van der Waals surface area contributed by atoms with Gasteiger partial charge in [0.05, 0.1) is 0 Å². The molecule has 1 heterocycles. The van der Waals surface area contributed by atoms with Crippen LogP contribution in [0.2, 0.25) is 0 Å². The zero-order valence-electron chi connectivity index (χ0n) is 33.9. The van der Waals surface area contributed by atoms with Gasteiger partial charge in [0.25, 0.3) is 0 Å². The third kappa shape index (κ3) is 6.20. The summed E-state index contributed by atoms with van der Waals surface area (Å²) >= 11 is 0. The van der Waals surface area contributed by atoms with Gasteiger partial charge < -0.3 is 9.32 Å². The molecule has 11 aromatic carbocycles. The molecule has 0 aliphatic heterocycles. The lowest BCUT2D eigenvalue weighted by Gasteiger charge is -2.26. The molecule has 0 aliphatic rings. The van der Waals surface area contributed by atoms with Crippen molar-refractivity contribution in [3.63, 3.8) is 0 Å². The minimum absolute atomic E-state index is 0.899. The van der Waals surface area contributed by atoms with E-state index in [1.54, 1.807) is 0 Å². The van der Waals surface area contributed by atoms with Crippen molar-refractivity contribution in [2.75, 3.05) is 4.90 Å². The van der Waals surface area contributed by atoms with Crippen molar-refractivity contribution in [2.24, 2.45) is 0 Å². The smallest absolute Gasteiger partial charge is 0.136 e. The van der Waals surface area contributed by atoms with Crippen molar-refractivity contribution in [2.45, 2.75) is 0 Å². The molecule has 2 nitrogen and oxygen atoms in total. The van der Waals surface area contributed by atoms with Crippen molar-refractivity contribution in [1.29, 1.82) is 0 Å². The molecule has 0 amide bonds. The number of furan rings is 1. The van der Waals surface area contributed by atoms with Crippen molar-refractivity contribution < 1.29 is 4.42 Å². The van der Waals surface area contributed by atoms with E-state index in [9.17, 15) is 0 Å². The number of para-hydroxylation sites is 1. The Labute approximate surface area is 360 Å². The molecule has 0 saturated carbocycles. The van der Waals surface area contributed by atoms with Crippen LogP contribution in [0, 0.1) is 0 Å². The van der Waals surface area contributed by atoms with E-state index in [1.807, 2.05) is 12.1 Å². The highest BCUT2D eigenvalue weighted by Crippen LogP contribution is 2.41. The van der Waals surface area contributed by atoms with Gasteiger partial charge in [-0.2, -0.15) is 0 Å². The summed E-state index contributed by atoms with van der Waals surface area (Å²) in [5.74, 6) is 0. The number of hydrogen-bond donors (Lipinski definition) is 0. The van der Waals surface area contributed by atoms with E-state index in [0.717, 1.165) is 50.1 Å². The molecule has 12 aromatic rings. The maximum Gasteiger partial charge on any atom is 0.136 e. The highest BCUT2D eigenvalue weighted by molar-refractivity contribution is 6.14. The SMILES string of the molecule is c1cc(-c2ccc(N(c3ccc(-c4ccc5c(c4)oc4ccccc45)cc3)c3ccc(-c4cc5ccccc5c5ccccc45)cc3)cc2)cc(-c2cccc3ccccc23)c1. The molecule has 62 heavy (non-hydrogen) atoms. The zero-order valence-corrected chi connectivity index (χ0v) is 33.9. The Kier molecular flexibility index (Phi) is 8.53. The van der Waals surface area contributed by atoms with Crippen LogP contribution in [-0.4, -0.2) is 0 Å². The van der Waals surface area contributed by atoms with Gasteiger partial charge in [0.2, 0.25) is 0 Å². The Morgan fingerprint density at radius 2 is 0.742 bits per heavy atom. The lowest BCUT2D eigenvalue weighted by Crippen LogP contribution is -2.09. The second kappa shape index (κ2) is 14.8. The number of nitrogens with zero attached hydrogens (tertiary/aromatic N) is 1. The third-order valence-electron chi connectivity index (χ3n) is 12.5. The molecular formula is C60H39NO. The number of rotatable bonds is 7. The van der Waals surface area contributed by atoms with Gasteiger partial charge in [-0.1, -0.05) is 170 Å². The molecule has 0 unspecified atom stereocenters. The average molecular weight is 790 g/mol. The van der Waals surface area contributed by atoms with Crippen LogP contribution >= 0.6 is 0 Å². The molecule has 0 radical (unpaired) electrons. The van der Waals surface area contributed by atoms with Crippen LogP contribution in [0.3, 0.4) is 0 Å². The van der Waals surface area contributed by atoms with Gasteiger partial charge >= 0.3 is 0 Å². The molecule has 0 spiro atoms. The fourth-order valence-electron chi connectivity index (χ4n) is 9.39. The van der Waals surface area contributed by atoms with Crippen LogP contribution in [0.5, 0.6) is 0 Å². The predicted molar refractivity (Wildman–Crippen MR) is 263 cm³/mol. The Bertz CT molecular complexity index is 3610. The highest BCUT2D eigenvalue weighted by Gasteiger charge is 2.16. The third-order valence-corrected chi connectivity index (χ3v) is 12.5. The summed E-state index contributed by atoms with van der Waals surface area (Å²) < 4.78 is 6.26. The van der Waals surface area contributed by atoms with E-state index in [2.05, 4.69) is 229 Å². The van der Waals surface area contributed by atoms with E-state index >= 15 is 0 Å². The van der Waals surface area contributed by atoms with E-state index in [1.165, 1.54) is 65.7 Å². The Hall–Kier alpha value is -8.20. The molecule has 290 valence electrons. The van der Waals surface area contributed by atoms with E-state index < -0.39 is 0 Å². The Morgan fingerprint density at radius 3 is 1.47 bits per heavy atom. The van der Waals surface area contributed by atoms with Crippen LogP contribution in [-0.2, 0) is 0 Å². The summed E-state index contributed by atoms with van der Waals surface area (Å²) in [6, 6.07) is 85.5. The highest BCUT2D eigenvalue weighted by atomic mass is 16.3. The first-order chi connectivity index (χ1) is 30.7. The molecule has 0 atom stereocenters. The topological polar surface area (TPSA) is 16.4 Å². The second-order valence-electron chi connectivity index (χ2n) is 16.1. The standard InChI is InChI=1S/C60H39NO/c1-3-16-51-42(11-1)13-10-21-52(51)46-15-9-14-44(37-46)40-23-30-48(31-24-40)61(49-32-25-41(26-33-49)45-29-36-57-56-20-7-8-22-59(56)62-60(57)39-45)50-34-27-43(28-35-50)58-38-47-12-2-4-17-53(47)54-18-5-6-19-55(54)58/h1-39H. The molecule has 0 fully saturated rings. The Balaban J connectivity index is 0.927. The summed E-state index contributed by atoms with van der Waals surface area (Å²) in [4.78, 5) is 2.35. The van der Waals surface area contributed by atoms with E-state index in [-0.39, 0.29) is 0 Å². The van der Waals surface area contributed by atoms with Gasteiger partial charge in [-0.3, -0.25) is 0 Å². The normalized spacial score (nSPS) is 11.5. The van der Waals surface area contributed by atoms with Gasteiger partial charge in [-0.05, 0) is 144 Å². The number of benzene rings is 11. The second-order valence-corrected chi connectivity index (χ2v) is 16.1. The van der Waals surface area contributed by atoms with Gasteiger partial charge in [0.1, 0.15) is 11.2 Å². The molecule has 1 aromatic heterocycles. The minimum Gasteiger partial charge on any atom is -0.456 e. The maximum absolute atomic E-state index is 6.26. The summed E-state index contributed by atoms with van der Waals surface area (Å²) in [6.07, 6.45) is 0. The van der Waals surface area contributed by atoms with Crippen molar-refractivity contribution >= 4 is 71.3 Å². The van der Waals surface area contributed by atoms with Gasteiger partial charge in [-0.15, -0.1) is 0 Å². The quantitative estimate of drug-likeness (QED) is 0.150. The molecule has 0 saturated heterocycles. The summed E-state index contributed by atoms with van der Waals surface area (Å²) in [5, 5.41) is 9.84. The number of hydrogen-bond acceptors (Lipinski definition) is 2. The fourth-order valence-corrected chi connectivity index (χ4v) is 9.39. The largest absolute Gasteiger partial charge is 0.456 e. The van der Waals surface area contributed by atoms with Crippen LogP contribution in [0.1, 0.15) is 0 Å². The number of anilines is 3. The predicted octanol–water partition coefficient (Wildman–Crippen LogP) is 17.2. The molecule has 0 aliphatic carbocycles. The molecule has 2 heteroatoms. The maximum atomic E-state index is 6.26. The first kappa shape index (κ1) is 35.7. The molecule has 12 rings (SSSR count).